The summed E-state index contributed by atoms with van der Waals surface area (Å²) in [4.78, 5) is 0. The van der Waals surface area contributed by atoms with Crippen LogP contribution in [0.5, 0.6) is 0 Å². The number of methoxy groups -OCH3 is 1. The van der Waals surface area contributed by atoms with E-state index in [-0.39, 0.29) is 0 Å². The first-order chi connectivity index (χ1) is 8.78. The largest absolute Gasteiger partial charge is 0.385 e. The second kappa shape index (κ2) is 6.39. The fourth-order valence-electron chi connectivity index (χ4n) is 2.47. The molecule has 0 bridgehead atoms. The maximum atomic E-state index is 5.18. The molecule has 0 spiro atoms. The molecule has 0 unspecified atom stereocenters. The monoisotopic (exact) mass is 250 g/mol. The maximum absolute atomic E-state index is 5.18. The molecule has 1 aliphatic carbocycles. The van der Waals surface area contributed by atoms with Gasteiger partial charge in [0.2, 0.25) is 0 Å². The highest BCUT2D eigenvalue weighted by molar-refractivity contribution is 5.10. The Kier molecular flexibility index (Phi) is 4.84. The van der Waals surface area contributed by atoms with Crippen LogP contribution in [-0.4, -0.2) is 24.8 Å². The van der Waals surface area contributed by atoms with Gasteiger partial charge in [-0.25, -0.2) is 0 Å². The normalized spacial score (nSPS) is 17.0. The van der Waals surface area contributed by atoms with E-state index >= 15 is 0 Å². The van der Waals surface area contributed by atoms with E-state index in [0.717, 1.165) is 26.2 Å². The van der Waals surface area contributed by atoms with Crippen LogP contribution in [0.25, 0.3) is 0 Å². The first kappa shape index (κ1) is 13.6. The summed E-state index contributed by atoms with van der Waals surface area (Å²) in [6.07, 6.45) is 9.55. The second-order valence-electron chi connectivity index (χ2n) is 5.60. The highest BCUT2D eigenvalue weighted by atomic mass is 16.5. The molecular formula is C15H26N2O. The van der Waals surface area contributed by atoms with E-state index < -0.39 is 0 Å². The molecule has 1 fully saturated rings. The van der Waals surface area contributed by atoms with Crippen LogP contribution in [-0.2, 0) is 17.8 Å². The van der Waals surface area contributed by atoms with Gasteiger partial charge in [-0.2, -0.15) is 0 Å². The smallest absolute Gasteiger partial charge is 0.0468 e. The Labute approximate surface area is 111 Å². The molecule has 3 nitrogen and oxygen atoms in total. The lowest BCUT2D eigenvalue weighted by Crippen LogP contribution is -2.24. The van der Waals surface area contributed by atoms with Crippen molar-refractivity contribution < 1.29 is 4.74 Å². The average molecular weight is 250 g/mol. The van der Waals surface area contributed by atoms with E-state index in [9.17, 15) is 0 Å². The van der Waals surface area contributed by atoms with Crippen molar-refractivity contribution in [1.82, 2.24) is 9.88 Å². The first-order valence-electron chi connectivity index (χ1n) is 7.12. The van der Waals surface area contributed by atoms with Crippen molar-refractivity contribution >= 4 is 0 Å². The van der Waals surface area contributed by atoms with Crippen LogP contribution in [0.15, 0.2) is 18.5 Å². The Hall–Kier alpha value is -0.800. The van der Waals surface area contributed by atoms with E-state index in [1.54, 1.807) is 7.11 Å². The SMILES string of the molecule is CCCn1ccc(CNCC2(CCOC)CC2)c1. The fraction of sp³-hybridized carbons (Fsp3) is 0.733. The van der Waals surface area contributed by atoms with Crippen molar-refractivity contribution in [3.63, 3.8) is 0 Å². The van der Waals surface area contributed by atoms with Gasteiger partial charge in [-0.05, 0) is 42.7 Å². The van der Waals surface area contributed by atoms with Gasteiger partial charge in [0, 0.05) is 45.7 Å². The molecule has 2 rings (SSSR count). The molecule has 1 aliphatic rings. The van der Waals surface area contributed by atoms with Crippen LogP contribution in [0.3, 0.4) is 0 Å². The van der Waals surface area contributed by atoms with Crippen LogP contribution in [0.1, 0.15) is 38.2 Å². The Morgan fingerprint density at radius 2 is 2.28 bits per heavy atom. The summed E-state index contributed by atoms with van der Waals surface area (Å²) in [7, 11) is 1.79. The van der Waals surface area contributed by atoms with Gasteiger partial charge in [0.1, 0.15) is 0 Å². The van der Waals surface area contributed by atoms with Gasteiger partial charge in [-0.1, -0.05) is 6.92 Å². The zero-order valence-electron chi connectivity index (χ0n) is 11.7. The number of ether oxygens (including phenoxy) is 1. The van der Waals surface area contributed by atoms with Crippen LogP contribution in [0.4, 0.5) is 0 Å². The van der Waals surface area contributed by atoms with Crippen molar-refractivity contribution in [3.05, 3.63) is 24.0 Å². The highest BCUT2D eigenvalue weighted by Gasteiger charge is 2.41. The van der Waals surface area contributed by atoms with Gasteiger partial charge in [-0.15, -0.1) is 0 Å². The van der Waals surface area contributed by atoms with Crippen LogP contribution in [0, 0.1) is 5.41 Å². The number of aromatic nitrogens is 1. The summed E-state index contributed by atoms with van der Waals surface area (Å²) in [5.41, 5.74) is 1.94. The number of rotatable bonds is 9. The third kappa shape index (κ3) is 3.85. The quantitative estimate of drug-likeness (QED) is 0.729. The Bertz CT molecular complexity index is 355. The molecule has 0 atom stereocenters. The number of hydrogen-bond acceptors (Lipinski definition) is 2. The van der Waals surface area contributed by atoms with Crippen molar-refractivity contribution in [1.29, 1.82) is 0 Å². The summed E-state index contributed by atoms with van der Waals surface area (Å²) >= 11 is 0. The number of nitrogens with one attached hydrogen (secondary N) is 1. The lowest BCUT2D eigenvalue weighted by atomic mass is 10.0. The van der Waals surface area contributed by atoms with Gasteiger partial charge in [-0.3, -0.25) is 0 Å². The zero-order chi connectivity index (χ0) is 12.8. The molecular weight excluding hydrogens is 224 g/mol. The first-order valence-corrected chi connectivity index (χ1v) is 7.12. The third-order valence-corrected chi connectivity index (χ3v) is 3.92. The molecule has 1 aromatic heterocycles. The summed E-state index contributed by atoms with van der Waals surface area (Å²) in [5, 5.41) is 3.60. The summed E-state index contributed by atoms with van der Waals surface area (Å²) in [6, 6.07) is 2.22. The van der Waals surface area contributed by atoms with E-state index in [1.807, 2.05) is 0 Å². The molecule has 1 aromatic rings. The van der Waals surface area contributed by atoms with Crippen molar-refractivity contribution in [2.75, 3.05) is 20.3 Å². The van der Waals surface area contributed by atoms with Crippen LogP contribution < -0.4 is 5.32 Å². The van der Waals surface area contributed by atoms with E-state index in [4.69, 9.17) is 4.74 Å². The molecule has 1 saturated carbocycles. The van der Waals surface area contributed by atoms with E-state index in [1.165, 1.54) is 31.2 Å². The molecule has 0 radical (unpaired) electrons. The van der Waals surface area contributed by atoms with Crippen molar-refractivity contribution in [2.24, 2.45) is 5.41 Å². The number of nitrogens with zero attached hydrogens (tertiary/aromatic N) is 1. The van der Waals surface area contributed by atoms with Crippen LogP contribution in [0.2, 0.25) is 0 Å². The fourth-order valence-corrected chi connectivity index (χ4v) is 2.47. The minimum atomic E-state index is 0.544. The molecule has 1 heterocycles. The Morgan fingerprint density at radius 3 is 2.94 bits per heavy atom. The molecule has 0 aromatic carbocycles. The predicted molar refractivity (Wildman–Crippen MR) is 74.6 cm³/mol. The standard InChI is InChI=1S/C15H26N2O/c1-3-8-17-9-4-14(12-17)11-16-13-15(5-6-15)7-10-18-2/h4,9,12,16H,3,5-8,10-11,13H2,1-2H3. The topological polar surface area (TPSA) is 26.2 Å². The Balaban J connectivity index is 1.68. The molecule has 18 heavy (non-hydrogen) atoms. The van der Waals surface area contributed by atoms with Gasteiger partial charge >= 0.3 is 0 Å². The van der Waals surface area contributed by atoms with Gasteiger partial charge in [0.05, 0.1) is 0 Å². The molecule has 0 amide bonds. The number of hydrogen-bond donors (Lipinski definition) is 1. The Morgan fingerprint density at radius 1 is 1.44 bits per heavy atom. The van der Waals surface area contributed by atoms with Crippen molar-refractivity contribution in [2.45, 2.75) is 45.7 Å². The molecule has 0 aliphatic heterocycles. The predicted octanol–water partition coefficient (Wildman–Crippen LogP) is 2.80. The van der Waals surface area contributed by atoms with Gasteiger partial charge in [0.25, 0.3) is 0 Å². The summed E-state index contributed by atoms with van der Waals surface area (Å²) in [6.45, 7) is 6.36. The summed E-state index contributed by atoms with van der Waals surface area (Å²) in [5.74, 6) is 0. The molecule has 3 heteroatoms. The number of aryl methyl sites for hydroxylation is 1. The molecule has 0 saturated heterocycles. The molecule has 1 N–H and O–H groups in total. The van der Waals surface area contributed by atoms with Crippen LogP contribution >= 0.6 is 0 Å². The average Bonchev–Trinajstić information content (AvgIpc) is 3.00. The summed E-state index contributed by atoms with van der Waals surface area (Å²) < 4.78 is 7.45. The molecule has 102 valence electrons. The van der Waals surface area contributed by atoms with E-state index in [2.05, 4.69) is 35.3 Å². The van der Waals surface area contributed by atoms with Crippen molar-refractivity contribution in [3.8, 4) is 0 Å². The lowest BCUT2D eigenvalue weighted by Gasteiger charge is -2.15. The minimum Gasteiger partial charge on any atom is -0.385 e. The van der Waals surface area contributed by atoms with E-state index in [0.29, 0.717) is 5.41 Å². The minimum absolute atomic E-state index is 0.544. The zero-order valence-corrected chi connectivity index (χ0v) is 11.7. The van der Waals surface area contributed by atoms with Gasteiger partial charge < -0.3 is 14.6 Å². The second-order valence-corrected chi connectivity index (χ2v) is 5.60. The maximum Gasteiger partial charge on any atom is 0.0468 e. The van der Waals surface area contributed by atoms with Gasteiger partial charge in [0.15, 0.2) is 0 Å². The highest BCUT2D eigenvalue weighted by Crippen LogP contribution is 2.48. The lowest BCUT2D eigenvalue weighted by molar-refractivity contribution is 0.171. The third-order valence-electron chi connectivity index (χ3n) is 3.92.